The number of carbonyl (C=O) groups excluding carboxylic acids is 2. The Hall–Kier alpha value is -2.42. The molecule has 2 aromatic carbocycles. The van der Waals surface area contributed by atoms with E-state index in [1.807, 2.05) is 13.8 Å². The lowest BCUT2D eigenvalue weighted by Crippen LogP contribution is -2.42. The highest BCUT2D eigenvalue weighted by Crippen LogP contribution is 2.26. The summed E-state index contributed by atoms with van der Waals surface area (Å²) < 4.78 is 27.1. The van der Waals surface area contributed by atoms with Gasteiger partial charge < -0.3 is 10.2 Å². The van der Waals surface area contributed by atoms with Gasteiger partial charge in [-0.15, -0.1) is 0 Å². The lowest BCUT2D eigenvalue weighted by atomic mass is 9.97. The third-order valence-electron chi connectivity index (χ3n) is 5.98. The Morgan fingerprint density at radius 1 is 1.03 bits per heavy atom. The van der Waals surface area contributed by atoms with Gasteiger partial charge in [-0.1, -0.05) is 41.9 Å². The maximum absolute atomic E-state index is 12.9. The minimum Gasteiger partial charge on any atom is -0.339 e. The number of piperidine rings is 1. The number of nitrogens with zero attached hydrogens (tertiary/aromatic N) is 2. The highest BCUT2D eigenvalue weighted by molar-refractivity contribution is 7.88. The summed E-state index contributed by atoms with van der Waals surface area (Å²) in [4.78, 5) is 27.4. The van der Waals surface area contributed by atoms with E-state index >= 15 is 0 Å². The van der Waals surface area contributed by atoms with Crippen LogP contribution in [0.3, 0.4) is 0 Å². The molecule has 33 heavy (non-hydrogen) atoms. The van der Waals surface area contributed by atoms with E-state index < -0.39 is 10.0 Å². The summed E-state index contributed by atoms with van der Waals surface area (Å²) in [7, 11) is -3.53. The first kappa shape index (κ1) is 25.2. The van der Waals surface area contributed by atoms with Crippen LogP contribution in [-0.2, 0) is 20.6 Å². The van der Waals surface area contributed by atoms with Crippen LogP contribution in [0.25, 0.3) is 0 Å². The molecule has 9 heteroatoms. The van der Waals surface area contributed by atoms with Gasteiger partial charge in [-0.25, -0.2) is 12.7 Å². The van der Waals surface area contributed by atoms with Crippen LogP contribution in [0.5, 0.6) is 0 Å². The van der Waals surface area contributed by atoms with E-state index in [2.05, 4.69) is 5.32 Å². The van der Waals surface area contributed by atoms with E-state index in [9.17, 15) is 18.0 Å². The summed E-state index contributed by atoms with van der Waals surface area (Å²) in [6.07, 6.45) is 0.833. The zero-order chi connectivity index (χ0) is 24.0. The minimum absolute atomic E-state index is 0.128. The number of hydrogen-bond donors (Lipinski definition) is 1. The molecule has 2 aromatic rings. The Bertz CT molecular complexity index is 1090. The lowest BCUT2D eigenvalue weighted by Gasteiger charge is -2.31. The molecule has 0 saturated carbocycles. The summed E-state index contributed by atoms with van der Waals surface area (Å²) >= 11 is 6.12. The maximum atomic E-state index is 12.9. The summed E-state index contributed by atoms with van der Waals surface area (Å²) in [6.45, 7) is 5.53. The van der Waals surface area contributed by atoms with Gasteiger partial charge in [0.15, 0.2) is 0 Å². The molecular formula is C24H30ClN3O4S. The maximum Gasteiger partial charge on any atom is 0.255 e. The molecule has 1 fully saturated rings. The number of nitrogens with one attached hydrogen (secondary N) is 1. The number of amides is 2. The van der Waals surface area contributed by atoms with Gasteiger partial charge in [0.05, 0.1) is 17.0 Å². The number of rotatable bonds is 8. The van der Waals surface area contributed by atoms with Crippen molar-refractivity contribution in [3.8, 4) is 0 Å². The average Bonchev–Trinajstić information content (AvgIpc) is 2.81. The van der Waals surface area contributed by atoms with Gasteiger partial charge in [-0.2, -0.15) is 0 Å². The standard InChI is InChI=1S/C24H30ClN3O4S/c1-3-27(4-2)24(30)20-10-6-8-12-22(20)26-23(29)18-13-15-28(16-14-18)33(31,32)17-19-9-5-7-11-21(19)25/h5-12,18H,3-4,13-17H2,1-2H3,(H,26,29). The van der Waals surface area contributed by atoms with Crippen LogP contribution >= 0.6 is 11.6 Å². The third kappa shape index (κ3) is 6.13. The van der Waals surface area contributed by atoms with Crippen molar-refractivity contribution in [3.05, 3.63) is 64.7 Å². The van der Waals surface area contributed by atoms with E-state index in [0.29, 0.717) is 47.8 Å². The summed E-state index contributed by atoms with van der Waals surface area (Å²) in [5.74, 6) is -0.813. The Morgan fingerprint density at radius 2 is 1.64 bits per heavy atom. The minimum atomic E-state index is -3.53. The number of hydrogen-bond acceptors (Lipinski definition) is 4. The van der Waals surface area contributed by atoms with E-state index in [4.69, 9.17) is 11.6 Å². The number of halogens is 1. The predicted octanol–water partition coefficient (Wildman–Crippen LogP) is 4.00. The molecule has 7 nitrogen and oxygen atoms in total. The number of anilines is 1. The molecule has 178 valence electrons. The first-order valence-corrected chi connectivity index (χ1v) is 13.2. The third-order valence-corrected chi connectivity index (χ3v) is 8.18. The molecule has 1 saturated heterocycles. The van der Waals surface area contributed by atoms with Crippen molar-refractivity contribution in [2.24, 2.45) is 5.92 Å². The SMILES string of the molecule is CCN(CC)C(=O)c1ccccc1NC(=O)C1CCN(S(=O)(=O)Cc2ccccc2Cl)CC1. The number of benzene rings is 2. The van der Waals surface area contributed by atoms with Crippen molar-refractivity contribution >= 4 is 39.1 Å². The molecule has 1 aliphatic rings. The summed E-state index contributed by atoms with van der Waals surface area (Å²) in [6, 6.07) is 13.9. The Kier molecular flexibility index (Phi) is 8.51. The van der Waals surface area contributed by atoms with Crippen molar-refractivity contribution in [1.82, 2.24) is 9.21 Å². The number of sulfonamides is 1. The lowest BCUT2D eigenvalue weighted by molar-refractivity contribution is -0.120. The van der Waals surface area contributed by atoms with Crippen molar-refractivity contribution in [2.75, 3.05) is 31.5 Å². The molecule has 0 bridgehead atoms. The van der Waals surface area contributed by atoms with Crippen molar-refractivity contribution in [1.29, 1.82) is 0 Å². The summed E-state index contributed by atoms with van der Waals surface area (Å²) in [5.41, 5.74) is 1.50. The largest absolute Gasteiger partial charge is 0.339 e. The van der Waals surface area contributed by atoms with Gasteiger partial charge in [0, 0.05) is 37.1 Å². The topological polar surface area (TPSA) is 86.8 Å². The average molecular weight is 492 g/mol. The van der Waals surface area contributed by atoms with E-state index in [1.54, 1.807) is 53.4 Å². The van der Waals surface area contributed by atoms with Crippen molar-refractivity contribution < 1.29 is 18.0 Å². The fraction of sp³-hybridized carbons (Fsp3) is 0.417. The molecular weight excluding hydrogens is 462 g/mol. The monoisotopic (exact) mass is 491 g/mol. The van der Waals surface area contributed by atoms with Crippen LogP contribution in [0.4, 0.5) is 5.69 Å². The number of carbonyl (C=O) groups is 2. The van der Waals surface area contributed by atoms with E-state index in [0.717, 1.165) is 0 Å². The molecule has 2 amide bonds. The smallest absolute Gasteiger partial charge is 0.255 e. The van der Waals surface area contributed by atoms with Crippen LogP contribution in [-0.4, -0.2) is 55.6 Å². The van der Waals surface area contributed by atoms with Gasteiger partial charge in [0.1, 0.15) is 0 Å². The molecule has 0 aliphatic carbocycles. The molecule has 0 atom stereocenters. The first-order chi connectivity index (χ1) is 15.8. The van der Waals surface area contributed by atoms with Crippen molar-refractivity contribution in [3.63, 3.8) is 0 Å². The fourth-order valence-corrected chi connectivity index (χ4v) is 5.87. The van der Waals surface area contributed by atoms with Gasteiger partial charge in [0.25, 0.3) is 5.91 Å². The van der Waals surface area contributed by atoms with E-state index in [1.165, 1.54) is 4.31 Å². The molecule has 1 N–H and O–H groups in total. The Balaban J connectivity index is 1.62. The highest BCUT2D eigenvalue weighted by atomic mass is 35.5. The van der Waals surface area contributed by atoms with Gasteiger partial charge in [-0.05, 0) is 50.5 Å². The normalized spacial score (nSPS) is 15.2. The van der Waals surface area contributed by atoms with E-state index in [-0.39, 0.29) is 36.6 Å². The van der Waals surface area contributed by atoms with Crippen LogP contribution in [0.1, 0.15) is 42.6 Å². The van der Waals surface area contributed by atoms with Gasteiger partial charge in [-0.3, -0.25) is 9.59 Å². The van der Waals surface area contributed by atoms with Crippen molar-refractivity contribution in [2.45, 2.75) is 32.4 Å². The first-order valence-electron chi connectivity index (χ1n) is 11.2. The molecule has 0 unspecified atom stereocenters. The quantitative estimate of drug-likeness (QED) is 0.604. The molecule has 3 rings (SSSR count). The van der Waals surface area contributed by atoms with Crippen LogP contribution in [0.15, 0.2) is 48.5 Å². The highest BCUT2D eigenvalue weighted by Gasteiger charge is 2.32. The second kappa shape index (κ2) is 11.1. The molecule has 0 aromatic heterocycles. The zero-order valence-corrected chi connectivity index (χ0v) is 20.5. The van der Waals surface area contributed by atoms with Crippen LogP contribution in [0.2, 0.25) is 5.02 Å². The second-order valence-electron chi connectivity index (χ2n) is 8.03. The predicted molar refractivity (Wildman–Crippen MR) is 131 cm³/mol. The molecule has 1 heterocycles. The second-order valence-corrected chi connectivity index (χ2v) is 10.4. The molecule has 0 spiro atoms. The molecule has 0 radical (unpaired) electrons. The fourth-order valence-electron chi connectivity index (χ4n) is 3.99. The number of para-hydroxylation sites is 1. The molecule has 1 aliphatic heterocycles. The van der Waals surface area contributed by atoms with Gasteiger partial charge in [0.2, 0.25) is 15.9 Å². The zero-order valence-electron chi connectivity index (χ0n) is 19.0. The van der Waals surface area contributed by atoms with Gasteiger partial charge >= 0.3 is 0 Å². The van der Waals surface area contributed by atoms with Crippen LogP contribution < -0.4 is 5.32 Å². The Morgan fingerprint density at radius 3 is 2.27 bits per heavy atom. The Labute approximate surface area is 200 Å². The summed E-state index contributed by atoms with van der Waals surface area (Å²) in [5, 5.41) is 3.32. The van der Waals surface area contributed by atoms with Crippen LogP contribution in [0, 0.1) is 5.92 Å².